The standard InChI is InChI=1S/C17H28N2O2/c1-12-13(2)21-16(18-12)11-19-10-6-8-15(19)14-7-4-5-9-17(14,3)20/h14-15,20H,4-11H2,1-3H3/t14-,15+,17+/m0/s1. The first-order chi connectivity index (χ1) is 9.97. The first-order valence-electron chi connectivity index (χ1n) is 8.37. The molecule has 0 bridgehead atoms. The summed E-state index contributed by atoms with van der Waals surface area (Å²) in [5, 5.41) is 10.8. The molecule has 2 heterocycles. The minimum Gasteiger partial charge on any atom is -0.444 e. The molecular formula is C17H28N2O2. The van der Waals surface area contributed by atoms with Crippen LogP contribution in [0.25, 0.3) is 0 Å². The quantitative estimate of drug-likeness (QED) is 0.929. The van der Waals surface area contributed by atoms with Gasteiger partial charge in [-0.3, -0.25) is 4.90 Å². The van der Waals surface area contributed by atoms with Gasteiger partial charge in [-0.05, 0) is 53.0 Å². The second-order valence-electron chi connectivity index (χ2n) is 7.14. The van der Waals surface area contributed by atoms with Crippen LogP contribution in [-0.2, 0) is 6.54 Å². The fraction of sp³-hybridized carbons (Fsp3) is 0.824. The number of nitrogens with zero attached hydrogens (tertiary/aromatic N) is 2. The molecule has 2 fully saturated rings. The van der Waals surface area contributed by atoms with Crippen LogP contribution in [0.3, 0.4) is 0 Å². The molecule has 1 aliphatic heterocycles. The lowest BCUT2D eigenvalue weighted by Gasteiger charge is -2.43. The van der Waals surface area contributed by atoms with Crippen LogP contribution in [0.15, 0.2) is 4.42 Å². The summed E-state index contributed by atoms with van der Waals surface area (Å²) >= 11 is 0. The van der Waals surface area contributed by atoms with Crippen molar-refractivity contribution >= 4 is 0 Å². The number of hydrogen-bond donors (Lipinski definition) is 1. The molecular weight excluding hydrogens is 264 g/mol. The molecule has 1 aromatic rings. The van der Waals surface area contributed by atoms with Gasteiger partial charge in [-0.15, -0.1) is 0 Å². The molecule has 1 saturated heterocycles. The number of aromatic nitrogens is 1. The Morgan fingerprint density at radius 2 is 2.10 bits per heavy atom. The average molecular weight is 292 g/mol. The van der Waals surface area contributed by atoms with E-state index in [0.717, 1.165) is 49.7 Å². The van der Waals surface area contributed by atoms with Crippen LogP contribution in [0.4, 0.5) is 0 Å². The third kappa shape index (κ3) is 3.02. The fourth-order valence-electron chi connectivity index (χ4n) is 4.23. The van der Waals surface area contributed by atoms with Crippen LogP contribution in [0.5, 0.6) is 0 Å². The molecule has 4 nitrogen and oxygen atoms in total. The molecule has 1 saturated carbocycles. The Morgan fingerprint density at radius 3 is 2.76 bits per heavy atom. The molecule has 0 aromatic carbocycles. The van der Waals surface area contributed by atoms with Gasteiger partial charge in [0, 0.05) is 12.0 Å². The predicted octanol–water partition coefficient (Wildman–Crippen LogP) is 3.20. The van der Waals surface area contributed by atoms with Gasteiger partial charge >= 0.3 is 0 Å². The number of rotatable bonds is 3. The number of oxazole rings is 1. The van der Waals surface area contributed by atoms with Gasteiger partial charge in [-0.1, -0.05) is 12.8 Å². The first-order valence-corrected chi connectivity index (χ1v) is 8.37. The largest absolute Gasteiger partial charge is 0.444 e. The van der Waals surface area contributed by atoms with E-state index in [9.17, 15) is 5.11 Å². The Bertz CT molecular complexity index is 475. The van der Waals surface area contributed by atoms with Crippen LogP contribution in [0.2, 0.25) is 0 Å². The summed E-state index contributed by atoms with van der Waals surface area (Å²) in [7, 11) is 0. The number of likely N-dealkylation sites (tertiary alicyclic amines) is 1. The van der Waals surface area contributed by atoms with Crippen LogP contribution in [0, 0.1) is 19.8 Å². The zero-order valence-electron chi connectivity index (χ0n) is 13.6. The monoisotopic (exact) mass is 292 g/mol. The summed E-state index contributed by atoms with van der Waals surface area (Å²) in [6.07, 6.45) is 6.92. The second kappa shape index (κ2) is 5.73. The maximum atomic E-state index is 10.8. The molecule has 0 unspecified atom stereocenters. The molecule has 118 valence electrons. The van der Waals surface area contributed by atoms with Gasteiger partial charge in [0.15, 0.2) is 0 Å². The van der Waals surface area contributed by atoms with Gasteiger partial charge in [0.2, 0.25) is 5.89 Å². The maximum absolute atomic E-state index is 10.8. The van der Waals surface area contributed by atoms with Crippen molar-refractivity contribution in [3.63, 3.8) is 0 Å². The molecule has 4 heteroatoms. The van der Waals surface area contributed by atoms with E-state index in [0.29, 0.717) is 12.0 Å². The van der Waals surface area contributed by atoms with Gasteiger partial charge in [-0.25, -0.2) is 4.98 Å². The lowest BCUT2D eigenvalue weighted by Crippen LogP contribution is -2.48. The SMILES string of the molecule is Cc1nc(CN2CCC[C@@H]2[C@@H]2CCCC[C@@]2(C)O)oc1C. The smallest absolute Gasteiger partial charge is 0.208 e. The molecule has 21 heavy (non-hydrogen) atoms. The molecule has 1 aromatic heterocycles. The third-order valence-corrected chi connectivity index (χ3v) is 5.54. The van der Waals surface area contributed by atoms with E-state index in [1.165, 1.54) is 19.3 Å². The molecule has 0 amide bonds. The Morgan fingerprint density at radius 1 is 1.29 bits per heavy atom. The lowest BCUT2D eigenvalue weighted by molar-refractivity contribution is -0.0636. The fourth-order valence-corrected chi connectivity index (χ4v) is 4.23. The van der Waals surface area contributed by atoms with Crippen LogP contribution in [0.1, 0.15) is 62.8 Å². The van der Waals surface area contributed by atoms with E-state index in [2.05, 4.69) is 9.88 Å². The Balaban J connectivity index is 1.73. The summed E-state index contributed by atoms with van der Waals surface area (Å²) in [5.41, 5.74) is 0.485. The van der Waals surface area contributed by atoms with Gasteiger partial charge in [-0.2, -0.15) is 0 Å². The van der Waals surface area contributed by atoms with E-state index >= 15 is 0 Å². The van der Waals surface area contributed by atoms with Crippen molar-refractivity contribution in [1.82, 2.24) is 9.88 Å². The first kappa shape index (κ1) is 15.0. The predicted molar refractivity (Wildman–Crippen MR) is 82.0 cm³/mol. The van der Waals surface area contributed by atoms with Gasteiger partial charge < -0.3 is 9.52 Å². The number of aliphatic hydroxyl groups is 1. The van der Waals surface area contributed by atoms with Crippen LogP contribution < -0.4 is 0 Å². The van der Waals surface area contributed by atoms with E-state index in [-0.39, 0.29) is 0 Å². The zero-order chi connectivity index (χ0) is 15.0. The lowest BCUT2D eigenvalue weighted by atomic mass is 9.72. The summed E-state index contributed by atoms with van der Waals surface area (Å²) in [6, 6.07) is 0.479. The molecule has 3 atom stereocenters. The third-order valence-electron chi connectivity index (χ3n) is 5.54. The average Bonchev–Trinajstić information content (AvgIpc) is 2.97. The summed E-state index contributed by atoms with van der Waals surface area (Å²) < 4.78 is 5.75. The molecule has 2 aliphatic rings. The van der Waals surface area contributed by atoms with E-state index in [1.54, 1.807) is 0 Å². The molecule has 1 N–H and O–H groups in total. The highest BCUT2D eigenvalue weighted by Gasteiger charge is 2.43. The summed E-state index contributed by atoms with van der Waals surface area (Å²) in [6.45, 7) is 7.88. The molecule has 0 spiro atoms. The zero-order valence-corrected chi connectivity index (χ0v) is 13.6. The molecule has 3 rings (SSSR count). The minimum atomic E-state index is -0.506. The van der Waals surface area contributed by atoms with Crippen molar-refractivity contribution in [2.75, 3.05) is 6.54 Å². The Labute approximate surface area is 127 Å². The molecule has 1 aliphatic carbocycles. The number of aryl methyl sites for hydroxylation is 2. The van der Waals surface area contributed by atoms with E-state index < -0.39 is 5.60 Å². The van der Waals surface area contributed by atoms with Gasteiger partial charge in [0.05, 0.1) is 17.8 Å². The maximum Gasteiger partial charge on any atom is 0.208 e. The van der Waals surface area contributed by atoms with Crippen molar-refractivity contribution in [3.05, 3.63) is 17.3 Å². The van der Waals surface area contributed by atoms with Crippen molar-refractivity contribution < 1.29 is 9.52 Å². The highest BCUT2D eigenvalue weighted by atomic mass is 16.4. The second-order valence-corrected chi connectivity index (χ2v) is 7.14. The van der Waals surface area contributed by atoms with Crippen molar-refractivity contribution in [2.45, 2.75) is 77.5 Å². The van der Waals surface area contributed by atoms with Gasteiger partial charge in [0.1, 0.15) is 5.76 Å². The minimum absolute atomic E-state index is 0.394. The highest BCUT2D eigenvalue weighted by molar-refractivity contribution is 5.06. The van der Waals surface area contributed by atoms with Crippen molar-refractivity contribution in [1.29, 1.82) is 0 Å². The van der Waals surface area contributed by atoms with Crippen LogP contribution >= 0.6 is 0 Å². The summed E-state index contributed by atoms with van der Waals surface area (Å²) in [5.74, 6) is 2.14. The summed E-state index contributed by atoms with van der Waals surface area (Å²) in [4.78, 5) is 7.00. The normalized spacial score (nSPS) is 34.5. The van der Waals surface area contributed by atoms with Crippen LogP contribution in [-0.4, -0.2) is 33.2 Å². The van der Waals surface area contributed by atoms with Gasteiger partial charge in [0.25, 0.3) is 0 Å². The highest BCUT2D eigenvalue weighted by Crippen LogP contribution is 2.41. The van der Waals surface area contributed by atoms with E-state index in [1.807, 2.05) is 20.8 Å². The number of hydrogen-bond acceptors (Lipinski definition) is 4. The Kier molecular flexibility index (Phi) is 4.10. The Hall–Kier alpha value is -0.870. The van der Waals surface area contributed by atoms with Crippen molar-refractivity contribution in [2.24, 2.45) is 5.92 Å². The molecule has 0 radical (unpaired) electrons. The van der Waals surface area contributed by atoms with Crippen molar-refractivity contribution in [3.8, 4) is 0 Å². The van der Waals surface area contributed by atoms with E-state index in [4.69, 9.17) is 4.42 Å². The topological polar surface area (TPSA) is 49.5 Å².